The van der Waals surface area contributed by atoms with Crippen LogP contribution in [-0.2, 0) is 9.53 Å². The summed E-state index contributed by atoms with van der Waals surface area (Å²) in [5, 5.41) is 0.498. The Morgan fingerprint density at radius 2 is 1.80 bits per heavy atom. The third-order valence-electron chi connectivity index (χ3n) is 3.46. The minimum atomic E-state index is -0.518. The first-order valence-electron chi connectivity index (χ1n) is 8.14. The van der Waals surface area contributed by atoms with Crippen molar-refractivity contribution in [2.45, 2.75) is 38.5 Å². The first-order valence-corrected chi connectivity index (χ1v) is 9.12. The number of rotatable bonds is 3. The topological polar surface area (TPSA) is 102 Å². The summed E-state index contributed by atoms with van der Waals surface area (Å²) in [5.74, 6) is 0.640. The Hall–Kier alpha value is -2.03. The highest BCUT2D eigenvalue weighted by molar-refractivity contribution is 7.99. The van der Waals surface area contributed by atoms with Crippen LogP contribution in [0.1, 0.15) is 26.5 Å². The number of hydrogen-bond donors (Lipinski definition) is 1. The number of carbonyl (C=O) groups is 2. The number of hydrogen-bond acceptors (Lipinski definition) is 7. The summed E-state index contributed by atoms with van der Waals surface area (Å²) in [7, 11) is 0. The average molecular weight is 367 g/mol. The fourth-order valence-corrected chi connectivity index (χ4v) is 3.13. The summed E-state index contributed by atoms with van der Waals surface area (Å²) in [5.41, 5.74) is 5.94. The minimum Gasteiger partial charge on any atom is -0.444 e. The normalized spacial score (nSPS) is 15.2. The van der Waals surface area contributed by atoms with Crippen molar-refractivity contribution in [1.82, 2.24) is 19.8 Å². The van der Waals surface area contributed by atoms with Crippen LogP contribution in [0.4, 0.5) is 10.6 Å². The third kappa shape index (κ3) is 6.08. The highest BCUT2D eigenvalue weighted by Gasteiger charge is 2.27. The van der Waals surface area contributed by atoms with Crippen molar-refractivity contribution in [2.24, 2.45) is 0 Å². The van der Waals surface area contributed by atoms with Crippen LogP contribution < -0.4 is 5.73 Å². The molecule has 0 atom stereocenters. The number of ether oxygens (including phenoxy) is 1. The van der Waals surface area contributed by atoms with Crippen LogP contribution in [0.2, 0.25) is 0 Å². The summed E-state index contributed by atoms with van der Waals surface area (Å²) >= 11 is 1.27. The highest BCUT2D eigenvalue weighted by Crippen LogP contribution is 2.17. The zero-order chi connectivity index (χ0) is 18.6. The number of anilines is 1. The highest BCUT2D eigenvalue weighted by atomic mass is 32.2. The maximum atomic E-state index is 12.3. The van der Waals surface area contributed by atoms with Gasteiger partial charge >= 0.3 is 6.09 Å². The number of piperazine rings is 1. The Morgan fingerprint density at radius 3 is 2.36 bits per heavy atom. The van der Waals surface area contributed by atoms with Gasteiger partial charge in [-0.05, 0) is 27.7 Å². The molecule has 2 rings (SSSR count). The predicted octanol–water partition coefficient (Wildman–Crippen LogP) is 1.54. The lowest BCUT2D eigenvalue weighted by Gasteiger charge is -2.35. The van der Waals surface area contributed by atoms with Gasteiger partial charge in [0.05, 0.1) is 5.75 Å². The van der Waals surface area contributed by atoms with Crippen LogP contribution in [0.15, 0.2) is 11.2 Å². The van der Waals surface area contributed by atoms with E-state index in [0.29, 0.717) is 37.2 Å². The molecule has 1 aliphatic rings. The zero-order valence-corrected chi connectivity index (χ0v) is 15.9. The van der Waals surface area contributed by atoms with Crippen molar-refractivity contribution in [2.75, 3.05) is 37.7 Å². The van der Waals surface area contributed by atoms with Gasteiger partial charge in [-0.3, -0.25) is 4.79 Å². The largest absolute Gasteiger partial charge is 0.444 e. The van der Waals surface area contributed by atoms with Crippen LogP contribution in [0.3, 0.4) is 0 Å². The Balaban J connectivity index is 1.80. The molecule has 0 bridgehead atoms. The van der Waals surface area contributed by atoms with E-state index >= 15 is 0 Å². The first kappa shape index (κ1) is 19.3. The van der Waals surface area contributed by atoms with Gasteiger partial charge < -0.3 is 20.3 Å². The molecule has 0 radical (unpaired) electrons. The molecule has 25 heavy (non-hydrogen) atoms. The molecule has 2 amide bonds. The minimum absolute atomic E-state index is 0.00230. The Bertz CT molecular complexity index is 619. The fraction of sp³-hybridized carbons (Fsp3) is 0.625. The van der Waals surface area contributed by atoms with E-state index in [9.17, 15) is 9.59 Å². The number of nitrogens with zero attached hydrogens (tertiary/aromatic N) is 4. The second-order valence-electron chi connectivity index (χ2n) is 6.85. The molecule has 0 spiro atoms. The smallest absolute Gasteiger partial charge is 0.410 e. The van der Waals surface area contributed by atoms with Gasteiger partial charge in [-0.2, -0.15) is 0 Å². The molecule has 1 saturated heterocycles. The van der Waals surface area contributed by atoms with Crippen molar-refractivity contribution in [1.29, 1.82) is 0 Å². The molecular weight excluding hydrogens is 342 g/mol. The molecule has 0 saturated carbocycles. The molecule has 1 fully saturated rings. The van der Waals surface area contributed by atoms with Crippen molar-refractivity contribution in [3.63, 3.8) is 0 Å². The molecule has 1 aliphatic heterocycles. The van der Waals surface area contributed by atoms with Gasteiger partial charge in [0, 0.05) is 37.9 Å². The average Bonchev–Trinajstić information content (AvgIpc) is 2.50. The number of carbonyl (C=O) groups excluding carboxylic acids is 2. The number of aromatic nitrogens is 2. The fourth-order valence-electron chi connectivity index (χ4n) is 2.31. The molecule has 2 N–H and O–H groups in total. The number of aryl methyl sites for hydroxylation is 1. The van der Waals surface area contributed by atoms with Gasteiger partial charge in [-0.15, -0.1) is 0 Å². The first-order chi connectivity index (χ1) is 11.6. The summed E-state index contributed by atoms with van der Waals surface area (Å²) in [6.45, 7) is 9.27. The molecule has 0 aliphatic carbocycles. The lowest BCUT2D eigenvalue weighted by atomic mass is 10.2. The van der Waals surface area contributed by atoms with Crippen LogP contribution in [0, 0.1) is 6.92 Å². The zero-order valence-electron chi connectivity index (χ0n) is 15.1. The van der Waals surface area contributed by atoms with Crippen LogP contribution in [0.5, 0.6) is 0 Å². The Labute approximate surface area is 152 Å². The molecule has 138 valence electrons. The van der Waals surface area contributed by atoms with Crippen molar-refractivity contribution in [3.05, 3.63) is 11.8 Å². The lowest BCUT2D eigenvalue weighted by molar-refractivity contribution is -0.130. The number of amides is 2. The van der Waals surface area contributed by atoms with Gasteiger partial charge in [0.25, 0.3) is 0 Å². The molecular formula is C16H25N5O3S. The van der Waals surface area contributed by atoms with E-state index in [0.717, 1.165) is 5.69 Å². The summed E-state index contributed by atoms with van der Waals surface area (Å²) in [6, 6.07) is 1.68. The molecule has 9 heteroatoms. The Morgan fingerprint density at radius 1 is 1.20 bits per heavy atom. The summed E-state index contributed by atoms with van der Waals surface area (Å²) in [4.78, 5) is 36.1. The third-order valence-corrected chi connectivity index (χ3v) is 4.29. The van der Waals surface area contributed by atoms with E-state index in [1.165, 1.54) is 11.8 Å². The second kappa shape index (κ2) is 7.90. The van der Waals surface area contributed by atoms with E-state index in [1.807, 2.05) is 27.7 Å². The van der Waals surface area contributed by atoms with E-state index in [-0.39, 0.29) is 17.8 Å². The summed E-state index contributed by atoms with van der Waals surface area (Å²) < 4.78 is 5.35. The second-order valence-corrected chi connectivity index (χ2v) is 7.80. The van der Waals surface area contributed by atoms with Crippen LogP contribution in [-0.4, -0.2) is 69.3 Å². The maximum Gasteiger partial charge on any atom is 0.410 e. The molecule has 0 aromatic carbocycles. The van der Waals surface area contributed by atoms with Gasteiger partial charge in [0.1, 0.15) is 11.4 Å². The SMILES string of the molecule is Cc1cc(N)nc(SCC(=O)N2CCN(C(=O)OC(C)(C)C)CC2)n1. The molecule has 8 nitrogen and oxygen atoms in total. The standard InChI is InChI=1S/C16H25N5O3S/c1-11-9-12(17)19-14(18-11)25-10-13(22)20-5-7-21(8-6-20)15(23)24-16(2,3)4/h9H,5-8,10H2,1-4H3,(H2,17,18,19). The van der Waals surface area contributed by atoms with Crippen LogP contribution in [0.25, 0.3) is 0 Å². The van der Waals surface area contributed by atoms with Crippen molar-refractivity contribution >= 4 is 29.6 Å². The van der Waals surface area contributed by atoms with Gasteiger partial charge in [-0.1, -0.05) is 11.8 Å². The van der Waals surface area contributed by atoms with Crippen molar-refractivity contribution in [3.8, 4) is 0 Å². The Kier molecular flexibility index (Phi) is 6.10. The molecule has 1 aromatic rings. The lowest BCUT2D eigenvalue weighted by Crippen LogP contribution is -2.52. The monoisotopic (exact) mass is 367 g/mol. The van der Waals surface area contributed by atoms with E-state index in [1.54, 1.807) is 15.9 Å². The number of thioether (sulfide) groups is 1. The van der Waals surface area contributed by atoms with Crippen LogP contribution >= 0.6 is 11.8 Å². The van der Waals surface area contributed by atoms with E-state index < -0.39 is 5.60 Å². The molecule has 0 unspecified atom stereocenters. The van der Waals surface area contributed by atoms with Crippen molar-refractivity contribution < 1.29 is 14.3 Å². The van der Waals surface area contributed by atoms with E-state index in [4.69, 9.17) is 10.5 Å². The molecule has 2 heterocycles. The maximum absolute atomic E-state index is 12.3. The predicted molar refractivity (Wildman–Crippen MR) is 96.3 cm³/mol. The van der Waals surface area contributed by atoms with E-state index in [2.05, 4.69) is 9.97 Å². The van der Waals surface area contributed by atoms with Gasteiger partial charge in [0.2, 0.25) is 5.91 Å². The number of nitrogen functional groups attached to an aromatic ring is 1. The van der Waals surface area contributed by atoms with Gasteiger partial charge in [0.15, 0.2) is 5.16 Å². The quantitative estimate of drug-likeness (QED) is 0.638. The summed E-state index contributed by atoms with van der Waals surface area (Å²) in [6.07, 6.45) is -0.336. The number of nitrogens with two attached hydrogens (primary N) is 1. The van der Waals surface area contributed by atoms with Gasteiger partial charge in [-0.25, -0.2) is 14.8 Å². The molecule has 1 aromatic heterocycles.